The van der Waals surface area contributed by atoms with Gasteiger partial charge in [-0.15, -0.1) is 0 Å². The molecule has 0 aliphatic rings. The van der Waals surface area contributed by atoms with Crippen LogP contribution < -0.4 is 5.32 Å². The zero-order chi connectivity index (χ0) is 18.7. The lowest BCUT2D eigenvalue weighted by molar-refractivity contribution is -0.385. The molecule has 0 unspecified atom stereocenters. The first-order valence-corrected chi connectivity index (χ1v) is 8.13. The highest BCUT2D eigenvalue weighted by atomic mass is 35.5. The molecule has 0 aliphatic heterocycles. The second-order valence-electron chi connectivity index (χ2n) is 5.77. The minimum Gasteiger partial charge on any atom is -0.319 e. The molecule has 132 valence electrons. The van der Waals surface area contributed by atoms with Crippen molar-refractivity contribution in [3.63, 3.8) is 0 Å². The molecule has 3 aromatic rings. The Labute approximate surface area is 154 Å². The molecule has 0 atom stereocenters. The van der Waals surface area contributed by atoms with Gasteiger partial charge < -0.3 is 5.32 Å². The average molecular weight is 371 g/mol. The number of benzene rings is 2. The van der Waals surface area contributed by atoms with E-state index in [2.05, 4.69) is 10.4 Å². The monoisotopic (exact) mass is 370 g/mol. The second-order valence-corrected chi connectivity index (χ2v) is 6.21. The third-order valence-corrected chi connectivity index (χ3v) is 4.03. The Bertz CT molecular complexity index is 984. The molecule has 1 amide bonds. The Morgan fingerprint density at radius 3 is 2.85 bits per heavy atom. The highest BCUT2D eigenvalue weighted by Gasteiger charge is 2.15. The van der Waals surface area contributed by atoms with Crippen molar-refractivity contribution >= 4 is 28.9 Å². The maximum Gasteiger partial charge on any atom is 0.273 e. The molecular formula is C18H15ClN4O3. The van der Waals surface area contributed by atoms with Crippen LogP contribution in [0.2, 0.25) is 5.02 Å². The van der Waals surface area contributed by atoms with Gasteiger partial charge in [0.05, 0.1) is 23.4 Å². The van der Waals surface area contributed by atoms with Gasteiger partial charge in [-0.05, 0) is 30.7 Å². The Balaban J connectivity index is 1.72. The van der Waals surface area contributed by atoms with E-state index in [-0.39, 0.29) is 11.3 Å². The quantitative estimate of drug-likeness (QED) is 0.541. The van der Waals surface area contributed by atoms with Crippen LogP contribution >= 0.6 is 11.6 Å². The standard InChI is InChI=1S/C18H15ClN4O3/c1-12-5-6-14(8-17(12)23(25)26)18(24)21-16-9-20-22(11-16)10-13-3-2-4-15(19)7-13/h2-9,11H,10H2,1H3,(H,21,24). The number of hydrogen-bond donors (Lipinski definition) is 1. The molecule has 1 N–H and O–H groups in total. The summed E-state index contributed by atoms with van der Waals surface area (Å²) >= 11 is 5.96. The van der Waals surface area contributed by atoms with Crippen LogP contribution in [0.15, 0.2) is 54.9 Å². The van der Waals surface area contributed by atoms with Crippen molar-refractivity contribution in [1.29, 1.82) is 0 Å². The van der Waals surface area contributed by atoms with E-state index in [1.807, 2.05) is 18.2 Å². The summed E-state index contributed by atoms with van der Waals surface area (Å²) in [7, 11) is 0. The van der Waals surface area contributed by atoms with Gasteiger partial charge in [0.2, 0.25) is 0 Å². The van der Waals surface area contributed by atoms with Crippen molar-refractivity contribution < 1.29 is 9.72 Å². The summed E-state index contributed by atoms with van der Waals surface area (Å²) < 4.78 is 1.67. The molecule has 26 heavy (non-hydrogen) atoms. The summed E-state index contributed by atoms with van der Waals surface area (Å²) in [6, 6.07) is 11.8. The molecule has 0 bridgehead atoms. The van der Waals surface area contributed by atoms with Gasteiger partial charge in [-0.25, -0.2) is 0 Å². The van der Waals surface area contributed by atoms with E-state index in [9.17, 15) is 14.9 Å². The smallest absolute Gasteiger partial charge is 0.273 e. The number of carbonyl (C=O) groups excluding carboxylic acids is 1. The number of carbonyl (C=O) groups is 1. The molecule has 0 saturated carbocycles. The van der Waals surface area contributed by atoms with Gasteiger partial charge in [-0.3, -0.25) is 19.6 Å². The van der Waals surface area contributed by atoms with Crippen LogP contribution in [0.4, 0.5) is 11.4 Å². The summed E-state index contributed by atoms with van der Waals surface area (Å²) in [5, 5.41) is 18.5. The van der Waals surface area contributed by atoms with E-state index in [4.69, 9.17) is 11.6 Å². The van der Waals surface area contributed by atoms with E-state index < -0.39 is 10.8 Å². The van der Waals surface area contributed by atoms with Crippen molar-refractivity contribution in [2.75, 3.05) is 5.32 Å². The molecule has 0 fully saturated rings. The third-order valence-electron chi connectivity index (χ3n) is 3.79. The molecule has 7 nitrogen and oxygen atoms in total. The van der Waals surface area contributed by atoms with Gasteiger partial charge in [-0.2, -0.15) is 5.10 Å². The fraction of sp³-hybridized carbons (Fsp3) is 0.111. The number of nitrogens with one attached hydrogen (secondary N) is 1. The topological polar surface area (TPSA) is 90.1 Å². The van der Waals surface area contributed by atoms with E-state index in [1.165, 1.54) is 12.3 Å². The fourth-order valence-electron chi connectivity index (χ4n) is 2.49. The molecule has 0 radical (unpaired) electrons. The zero-order valence-corrected chi connectivity index (χ0v) is 14.6. The molecule has 0 spiro atoms. The highest BCUT2D eigenvalue weighted by molar-refractivity contribution is 6.30. The molecule has 0 saturated heterocycles. The van der Waals surface area contributed by atoms with Crippen LogP contribution in [-0.4, -0.2) is 20.6 Å². The van der Waals surface area contributed by atoms with Crippen LogP contribution in [-0.2, 0) is 6.54 Å². The summed E-state index contributed by atoms with van der Waals surface area (Å²) in [6.45, 7) is 2.13. The van der Waals surface area contributed by atoms with Crippen molar-refractivity contribution in [3.05, 3.63) is 86.7 Å². The van der Waals surface area contributed by atoms with Crippen LogP contribution in [0.25, 0.3) is 0 Å². The molecule has 2 aromatic carbocycles. The maximum absolute atomic E-state index is 12.3. The molecule has 0 aliphatic carbocycles. The highest BCUT2D eigenvalue weighted by Crippen LogP contribution is 2.20. The Hall–Kier alpha value is -3.19. The number of nitro benzene ring substituents is 1. The van der Waals surface area contributed by atoms with Crippen LogP contribution in [0.5, 0.6) is 0 Å². The van der Waals surface area contributed by atoms with Crippen molar-refractivity contribution in [1.82, 2.24) is 9.78 Å². The summed E-state index contributed by atoms with van der Waals surface area (Å²) in [5.41, 5.74) is 2.10. The lowest BCUT2D eigenvalue weighted by atomic mass is 10.1. The Morgan fingerprint density at radius 1 is 1.31 bits per heavy atom. The predicted octanol–water partition coefficient (Wildman–Crippen LogP) is 4.05. The first-order valence-electron chi connectivity index (χ1n) is 7.75. The zero-order valence-electron chi connectivity index (χ0n) is 13.8. The number of aryl methyl sites for hydroxylation is 1. The van der Waals surface area contributed by atoms with Crippen LogP contribution in [0, 0.1) is 17.0 Å². The normalized spacial score (nSPS) is 10.5. The minimum absolute atomic E-state index is 0.0886. The number of halogens is 1. The average Bonchev–Trinajstić information content (AvgIpc) is 3.01. The van der Waals surface area contributed by atoms with E-state index >= 15 is 0 Å². The largest absolute Gasteiger partial charge is 0.319 e. The van der Waals surface area contributed by atoms with Gasteiger partial charge >= 0.3 is 0 Å². The number of aromatic nitrogens is 2. The van der Waals surface area contributed by atoms with Crippen LogP contribution in [0.3, 0.4) is 0 Å². The first-order chi connectivity index (χ1) is 12.4. The molecular weight excluding hydrogens is 356 g/mol. The number of nitro groups is 1. The molecule has 8 heteroatoms. The number of anilines is 1. The summed E-state index contributed by atoms with van der Waals surface area (Å²) in [5.74, 6) is -0.435. The number of hydrogen-bond acceptors (Lipinski definition) is 4. The second kappa shape index (κ2) is 7.37. The van der Waals surface area contributed by atoms with Crippen LogP contribution in [0.1, 0.15) is 21.5 Å². The number of rotatable bonds is 5. The van der Waals surface area contributed by atoms with Gasteiger partial charge in [0.15, 0.2) is 0 Å². The number of nitrogens with zero attached hydrogens (tertiary/aromatic N) is 3. The minimum atomic E-state index is -0.505. The SMILES string of the molecule is Cc1ccc(C(=O)Nc2cnn(Cc3cccc(Cl)c3)c2)cc1[N+](=O)[O-]. The Morgan fingerprint density at radius 2 is 2.12 bits per heavy atom. The van der Waals surface area contributed by atoms with E-state index in [1.54, 1.807) is 36.0 Å². The Kier molecular flexibility index (Phi) is 4.99. The third kappa shape index (κ3) is 4.07. The van der Waals surface area contributed by atoms with Crippen molar-refractivity contribution in [2.24, 2.45) is 0 Å². The molecule has 3 rings (SSSR count). The van der Waals surface area contributed by atoms with Crippen molar-refractivity contribution in [2.45, 2.75) is 13.5 Å². The number of amides is 1. The lowest BCUT2D eigenvalue weighted by Gasteiger charge is -2.04. The predicted molar refractivity (Wildman–Crippen MR) is 98.6 cm³/mol. The maximum atomic E-state index is 12.3. The first kappa shape index (κ1) is 17.6. The van der Waals surface area contributed by atoms with Gasteiger partial charge in [-0.1, -0.05) is 29.8 Å². The van der Waals surface area contributed by atoms with E-state index in [0.717, 1.165) is 5.56 Å². The fourth-order valence-corrected chi connectivity index (χ4v) is 2.70. The van der Waals surface area contributed by atoms with E-state index in [0.29, 0.717) is 22.8 Å². The summed E-state index contributed by atoms with van der Waals surface area (Å²) in [6.07, 6.45) is 3.20. The molecule has 1 aromatic heterocycles. The van der Waals surface area contributed by atoms with Gasteiger partial charge in [0.1, 0.15) is 0 Å². The summed E-state index contributed by atoms with van der Waals surface area (Å²) in [4.78, 5) is 22.8. The van der Waals surface area contributed by atoms with Gasteiger partial charge in [0, 0.05) is 28.4 Å². The van der Waals surface area contributed by atoms with Gasteiger partial charge in [0.25, 0.3) is 11.6 Å². The van der Waals surface area contributed by atoms with Crippen molar-refractivity contribution in [3.8, 4) is 0 Å². The molecule has 1 heterocycles. The lowest BCUT2D eigenvalue weighted by Crippen LogP contribution is -2.12.